The molecule has 2 fully saturated rings. The molecule has 11 nitrogen and oxygen atoms in total. The van der Waals surface area contributed by atoms with Crippen LogP contribution in [0.25, 0.3) is 0 Å². The number of methoxy groups -OCH3 is 1. The van der Waals surface area contributed by atoms with Crippen molar-refractivity contribution in [1.82, 2.24) is 15.0 Å². The molecule has 0 bridgehead atoms. The number of ether oxygens (including phenoxy) is 1. The van der Waals surface area contributed by atoms with E-state index >= 15 is 0 Å². The van der Waals surface area contributed by atoms with Gasteiger partial charge in [0.15, 0.2) is 0 Å². The highest BCUT2D eigenvalue weighted by atomic mass is 16.5. The van der Waals surface area contributed by atoms with Crippen LogP contribution in [0.5, 0.6) is 0 Å². The summed E-state index contributed by atoms with van der Waals surface area (Å²) in [5.74, 6) is 1.63. The summed E-state index contributed by atoms with van der Waals surface area (Å²) in [6.07, 6.45) is 1.59. The molecular formula is C16H32N10O. The summed E-state index contributed by atoms with van der Waals surface area (Å²) < 4.78 is 5.09. The van der Waals surface area contributed by atoms with Crippen LogP contribution in [0.2, 0.25) is 0 Å². The van der Waals surface area contributed by atoms with Gasteiger partial charge in [0.2, 0.25) is 17.8 Å². The summed E-state index contributed by atoms with van der Waals surface area (Å²) in [5, 5.41) is 3.18. The molecule has 3 rings (SSSR count). The first kappa shape index (κ1) is 20.0. The van der Waals surface area contributed by atoms with E-state index in [-0.39, 0.29) is 24.2 Å². The maximum absolute atomic E-state index is 6.14. The summed E-state index contributed by atoms with van der Waals surface area (Å²) in [4.78, 5) is 17.9. The van der Waals surface area contributed by atoms with Crippen molar-refractivity contribution in [1.29, 1.82) is 0 Å². The molecule has 0 amide bonds. The first-order valence-corrected chi connectivity index (χ1v) is 9.45. The van der Waals surface area contributed by atoms with Crippen LogP contribution in [0.4, 0.5) is 17.8 Å². The van der Waals surface area contributed by atoms with Crippen molar-refractivity contribution < 1.29 is 4.74 Å². The summed E-state index contributed by atoms with van der Waals surface area (Å²) in [7, 11) is 1.65. The molecule has 0 radical (unpaired) electrons. The Hall–Kier alpha value is -1.79. The van der Waals surface area contributed by atoms with Gasteiger partial charge in [0.1, 0.15) is 0 Å². The number of hydrogen-bond acceptors (Lipinski definition) is 11. The van der Waals surface area contributed by atoms with E-state index < -0.39 is 0 Å². The van der Waals surface area contributed by atoms with Crippen LogP contribution in [0, 0.1) is 0 Å². The van der Waals surface area contributed by atoms with Gasteiger partial charge in [-0.05, 0) is 12.8 Å². The van der Waals surface area contributed by atoms with Crippen LogP contribution in [-0.2, 0) is 4.74 Å². The van der Waals surface area contributed by atoms with E-state index in [0.717, 1.165) is 12.8 Å². The van der Waals surface area contributed by atoms with Gasteiger partial charge in [0.25, 0.3) is 0 Å². The van der Waals surface area contributed by atoms with Gasteiger partial charge in [0, 0.05) is 64.0 Å². The Morgan fingerprint density at radius 3 is 1.70 bits per heavy atom. The molecule has 27 heavy (non-hydrogen) atoms. The number of piperidine rings is 2. The van der Waals surface area contributed by atoms with E-state index in [4.69, 9.17) is 27.7 Å². The van der Waals surface area contributed by atoms with Gasteiger partial charge in [-0.3, -0.25) is 0 Å². The van der Waals surface area contributed by atoms with E-state index in [1.807, 2.05) is 9.80 Å². The maximum Gasteiger partial charge on any atom is 0.232 e. The van der Waals surface area contributed by atoms with Gasteiger partial charge in [-0.1, -0.05) is 0 Å². The third-order valence-corrected chi connectivity index (χ3v) is 4.80. The molecule has 11 heteroatoms. The van der Waals surface area contributed by atoms with Crippen molar-refractivity contribution in [2.24, 2.45) is 22.9 Å². The van der Waals surface area contributed by atoms with Crippen molar-refractivity contribution in [3.63, 3.8) is 0 Å². The Bertz CT molecular complexity index is 553. The highest BCUT2D eigenvalue weighted by Gasteiger charge is 2.28. The maximum atomic E-state index is 6.14. The lowest BCUT2D eigenvalue weighted by atomic mass is 10.0. The Labute approximate surface area is 159 Å². The molecule has 0 saturated carbocycles. The number of aromatic nitrogens is 3. The van der Waals surface area contributed by atoms with Crippen LogP contribution in [-0.4, -0.2) is 85.6 Å². The molecule has 2 saturated heterocycles. The largest absolute Gasteiger partial charge is 0.383 e. The van der Waals surface area contributed by atoms with E-state index in [2.05, 4.69) is 20.3 Å². The number of rotatable bonds is 6. The van der Waals surface area contributed by atoms with E-state index in [0.29, 0.717) is 57.2 Å². The SMILES string of the molecule is COCCNc1nc(N2C[C@H](N)C[C@H](N)C2)nc(N2C[C@H](N)C[C@H](N)C2)n1. The molecule has 1 aromatic rings. The van der Waals surface area contributed by atoms with Gasteiger partial charge >= 0.3 is 0 Å². The van der Waals surface area contributed by atoms with Gasteiger partial charge in [-0.2, -0.15) is 15.0 Å². The lowest BCUT2D eigenvalue weighted by Gasteiger charge is -2.37. The fraction of sp³-hybridized carbons (Fsp3) is 0.812. The second-order valence-corrected chi connectivity index (χ2v) is 7.50. The normalized spacial score (nSPS) is 29.1. The average Bonchev–Trinajstić information content (AvgIpc) is 2.60. The van der Waals surface area contributed by atoms with Crippen LogP contribution < -0.4 is 38.1 Å². The number of anilines is 3. The molecule has 152 valence electrons. The third kappa shape index (κ3) is 5.36. The molecule has 1 aromatic heterocycles. The first-order valence-electron chi connectivity index (χ1n) is 9.45. The molecule has 2 aliphatic heterocycles. The summed E-state index contributed by atoms with van der Waals surface area (Å²) in [5.41, 5.74) is 24.6. The molecular weight excluding hydrogens is 348 g/mol. The van der Waals surface area contributed by atoms with Gasteiger partial charge in [0.05, 0.1) is 6.61 Å². The number of hydrogen-bond donors (Lipinski definition) is 5. The number of nitrogens with two attached hydrogens (primary N) is 4. The molecule has 9 N–H and O–H groups in total. The monoisotopic (exact) mass is 380 g/mol. The van der Waals surface area contributed by atoms with E-state index in [1.165, 1.54) is 0 Å². The van der Waals surface area contributed by atoms with Crippen molar-refractivity contribution in [2.45, 2.75) is 37.0 Å². The van der Waals surface area contributed by atoms with Gasteiger partial charge in [-0.15, -0.1) is 0 Å². The van der Waals surface area contributed by atoms with Crippen LogP contribution in [0.15, 0.2) is 0 Å². The smallest absolute Gasteiger partial charge is 0.232 e. The first-order chi connectivity index (χ1) is 12.9. The minimum absolute atomic E-state index is 0.00398. The lowest BCUT2D eigenvalue weighted by molar-refractivity contribution is 0.210. The second kappa shape index (κ2) is 8.93. The standard InChI is InChI=1S/C16H32N10O/c1-27-3-2-21-14-22-15(25-6-10(17)4-11(18)7-25)24-16(23-14)26-8-12(19)5-13(20)9-26/h10-13H,2-9,17-20H2,1H3,(H,21,22,23,24)/t10-,11+,12-,13+. The lowest BCUT2D eigenvalue weighted by Crippen LogP contribution is -2.54. The second-order valence-electron chi connectivity index (χ2n) is 7.50. The van der Waals surface area contributed by atoms with Crippen molar-refractivity contribution in [3.8, 4) is 0 Å². The van der Waals surface area contributed by atoms with Crippen molar-refractivity contribution in [3.05, 3.63) is 0 Å². The molecule has 0 aromatic carbocycles. The quantitative estimate of drug-likeness (QED) is 0.335. The molecule has 0 aliphatic carbocycles. The highest BCUT2D eigenvalue weighted by molar-refractivity contribution is 5.46. The Morgan fingerprint density at radius 1 is 0.852 bits per heavy atom. The predicted octanol–water partition coefficient (Wildman–Crippen LogP) is -2.34. The fourth-order valence-electron chi connectivity index (χ4n) is 3.66. The Kier molecular flexibility index (Phi) is 6.60. The Morgan fingerprint density at radius 2 is 1.30 bits per heavy atom. The number of nitrogens with one attached hydrogen (secondary N) is 1. The number of nitrogens with zero attached hydrogens (tertiary/aromatic N) is 5. The van der Waals surface area contributed by atoms with Crippen LogP contribution in [0.1, 0.15) is 12.8 Å². The zero-order valence-electron chi connectivity index (χ0n) is 15.9. The van der Waals surface area contributed by atoms with Crippen molar-refractivity contribution in [2.75, 3.05) is 61.6 Å². The van der Waals surface area contributed by atoms with E-state index in [9.17, 15) is 0 Å². The molecule has 2 aliphatic rings. The zero-order chi connectivity index (χ0) is 19.4. The summed E-state index contributed by atoms with van der Waals surface area (Å²) >= 11 is 0. The average molecular weight is 381 g/mol. The van der Waals surface area contributed by atoms with Gasteiger partial charge in [-0.25, -0.2) is 0 Å². The minimum Gasteiger partial charge on any atom is -0.383 e. The van der Waals surface area contributed by atoms with E-state index in [1.54, 1.807) is 7.11 Å². The fourth-order valence-corrected chi connectivity index (χ4v) is 3.66. The predicted molar refractivity (Wildman–Crippen MR) is 106 cm³/mol. The molecule has 0 spiro atoms. The Balaban J connectivity index is 1.86. The zero-order valence-corrected chi connectivity index (χ0v) is 15.9. The summed E-state index contributed by atoms with van der Waals surface area (Å²) in [6, 6.07) is -0.0159. The minimum atomic E-state index is -0.00398. The third-order valence-electron chi connectivity index (χ3n) is 4.80. The van der Waals surface area contributed by atoms with Gasteiger partial charge < -0.3 is 42.8 Å². The van der Waals surface area contributed by atoms with Crippen LogP contribution in [0.3, 0.4) is 0 Å². The molecule has 4 atom stereocenters. The van der Waals surface area contributed by atoms with Crippen LogP contribution >= 0.6 is 0 Å². The molecule has 3 heterocycles. The highest BCUT2D eigenvalue weighted by Crippen LogP contribution is 2.22. The topological polar surface area (TPSA) is 170 Å². The molecule has 0 unspecified atom stereocenters. The van der Waals surface area contributed by atoms with Crippen molar-refractivity contribution >= 4 is 17.8 Å². The summed E-state index contributed by atoms with van der Waals surface area (Å²) in [6.45, 7) is 3.79.